The number of fused-ring (bicyclic) bond motifs is 1. The van der Waals surface area contributed by atoms with Crippen LogP contribution < -0.4 is 0 Å². The second kappa shape index (κ2) is 15.1. The fraction of sp³-hybridized carbons (Fsp3) is 0.0192. The van der Waals surface area contributed by atoms with E-state index >= 15 is 0 Å². The van der Waals surface area contributed by atoms with Crippen LogP contribution in [0.5, 0.6) is 0 Å². The molecule has 0 aliphatic heterocycles. The molecule has 0 unspecified atom stereocenters. The standard InChI is InChI=1S/C52H37N3O/c1-3-19-44-43(4-2)51-48(49(53-44)36-22-11-6-12-23-36)47(50(56-51)37-24-13-7-14-25-37)42-31-18-29-40(33-42)39-28-17-30-41(32-39)46-34-45(35-20-9-5-10-21-35)54-52(55-46)38-26-15-8-16-27-38/h3-34H,2H2,1H3/b19-3-. The van der Waals surface area contributed by atoms with Crippen molar-refractivity contribution in [3.63, 3.8) is 0 Å². The average molecular weight is 720 g/mol. The third-order valence-corrected chi connectivity index (χ3v) is 9.98. The van der Waals surface area contributed by atoms with E-state index in [9.17, 15) is 0 Å². The number of benzene rings is 6. The van der Waals surface area contributed by atoms with E-state index in [2.05, 4.69) is 110 Å². The summed E-state index contributed by atoms with van der Waals surface area (Å²) in [5.41, 5.74) is 14.2. The number of pyridine rings is 1. The van der Waals surface area contributed by atoms with Crippen LogP contribution in [0.4, 0.5) is 0 Å². The molecule has 3 heterocycles. The number of aromatic nitrogens is 3. The van der Waals surface area contributed by atoms with Crippen LogP contribution in [0.1, 0.15) is 18.2 Å². The third-order valence-electron chi connectivity index (χ3n) is 9.98. The second-order valence-electron chi connectivity index (χ2n) is 13.6. The van der Waals surface area contributed by atoms with E-state index in [0.717, 1.165) is 95.1 Å². The van der Waals surface area contributed by atoms with Gasteiger partial charge in [0.15, 0.2) is 5.82 Å². The molecule has 0 saturated carbocycles. The number of nitrogens with zero attached hydrogens (tertiary/aromatic N) is 3. The Morgan fingerprint density at radius 3 is 1.59 bits per heavy atom. The Hall–Kier alpha value is -7.43. The van der Waals surface area contributed by atoms with Gasteiger partial charge in [-0.2, -0.15) is 0 Å². The van der Waals surface area contributed by atoms with Gasteiger partial charge in [-0.3, -0.25) is 0 Å². The first kappa shape index (κ1) is 34.3. The maximum Gasteiger partial charge on any atom is 0.160 e. The quantitative estimate of drug-likeness (QED) is 0.149. The van der Waals surface area contributed by atoms with Crippen LogP contribution in [-0.2, 0) is 0 Å². The average Bonchev–Trinajstić information content (AvgIpc) is 3.68. The summed E-state index contributed by atoms with van der Waals surface area (Å²) in [6.07, 6.45) is 5.87. The van der Waals surface area contributed by atoms with Gasteiger partial charge in [0.1, 0.15) is 11.3 Å². The zero-order valence-corrected chi connectivity index (χ0v) is 30.9. The fourth-order valence-electron chi connectivity index (χ4n) is 7.34. The van der Waals surface area contributed by atoms with E-state index in [1.165, 1.54) is 0 Å². The molecule has 3 aromatic heterocycles. The van der Waals surface area contributed by atoms with Crippen LogP contribution in [0.15, 0.2) is 193 Å². The molecule has 4 heteroatoms. The second-order valence-corrected chi connectivity index (χ2v) is 13.6. The molecule has 9 rings (SSSR count). The summed E-state index contributed by atoms with van der Waals surface area (Å²) in [6.45, 7) is 6.20. The molecule has 0 saturated heterocycles. The molecule has 0 radical (unpaired) electrons. The molecule has 9 aromatic rings. The van der Waals surface area contributed by atoms with E-state index in [4.69, 9.17) is 19.4 Å². The van der Waals surface area contributed by atoms with Gasteiger partial charge in [0, 0.05) is 38.9 Å². The smallest absolute Gasteiger partial charge is 0.160 e. The van der Waals surface area contributed by atoms with Gasteiger partial charge in [-0.05, 0) is 47.9 Å². The Bertz CT molecular complexity index is 2800. The summed E-state index contributed by atoms with van der Waals surface area (Å²) in [5.74, 6) is 1.48. The molecule has 0 bridgehead atoms. The van der Waals surface area contributed by atoms with Gasteiger partial charge >= 0.3 is 0 Å². The van der Waals surface area contributed by atoms with E-state index in [0.29, 0.717) is 5.82 Å². The third kappa shape index (κ3) is 6.54. The van der Waals surface area contributed by atoms with Crippen LogP contribution in [0.2, 0.25) is 0 Å². The number of hydrogen-bond donors (Lipinski definition) is 0. The lowest BCUT2D eigenvalue weighted by atomic mass is 9.92. The normalized spacial score (nSPS) is 11.3. The molecule has 0 aliphatic rings. The molecule has 0 fully saturated rings. The van der Waals surface area contributed by atoms with Crippen molar-refractivity contribution in [2.24, 2.45) is 0 Å². The highest BCUT2D eigenvalue weighted by Crippen LogP contribution is 2.47. The van der Waals surface area contributed by atoms with Crippen molar-refractivity contribution in [1.82, 2.24) is 15.0 Å². The van der Waals surface area contributed by atoms with Crippen LogP contribution in [0.3, 0.4) is 0 Å². The highest BCUT2D eigenvalue weighted by atomic mass is 16.3. The molecular weight excluding hydrogens is 683 g/mol. The number of furan rings is 1. The Morgan fingerprint density at radius 1 is 0.482 bits per heavy atom. The summed E-state index contributed by atoms with van der Waals surface area (Å²) >= 11 is 0. The molecule has 266 valence electrons. The van der Waals surface area contributed by atoms with E-state index in [1.807, 2.05) is 97.9 Å². The maximum atomic E-state index is 6.97. The molecule has 0 amide bonds. The zero-order chi connectivity index (χ0) is 37.8. The number of allylic oxidation sites excluding steroid dienone is 1. The SMILES string of the molecule is C=Cc1c(/C=C\C)nc(-c2ccccc2)c2c(-c3cccc(-c4cccc(-c5cc(-c6ccccc6)nc(-c6ccccc6)n5)c4)c3)c(-c3ccccc3)oc12. The summed E-state index contributed by atoms with van der Waals surface area (Å²) in [5, 5.41) is 0.951. The topological polar surface area (TPSA) is 51.8 Å². The molecule has 6 aromatic carbocycles. The zero-order valence-electron chi connectivity index (χ0n) is 30.9. The van der Waals surface area contributed by atoms with E-state index in [-0.39, 0.29) is 0 Å². The van der Waals surface area contributed by atoms with Crippen LogP contribution in [0.25, 0.3) is 102 Å². The van der Waals surface area contributed by atoms with Crippen molar-refractivity contribution < 1.29 is 4.42 Å². The van der Waals surface area contributed by atoms with Crippen molar-refractivity contribution in [2.75, 3.05) is 0 Å². The highest BCUT2D eigenvalue weighted by molar-refractivity contribution is 6.11. The van der Waals surface area contributed by atoms with Gasteiger partial charge in [-0.25, -0.2) is 15.0 Å². The van der Waals surface area contributed by atoms with Gasteiger partial charge in [0.2, 0.25) is 0 Å². The lowest BCUT2D eigenvalue weighted by molar-refractivity contribution is 0.631. The number of hydrogen-bond acceptors (Lipinski definition) is 4. The summed E-state index contributed by atoms with van der Waals surface area (Å²) in [6, 6.07) is 60.4. The monoisotopic (exact) mass is 719 g/mol. The summed E-state index contributed by atoms with van der Waals surface area (Å²) in [4.78, 5) is 15.4. The highest BCUT2D eigenvalue weighted by Gasteiger charge is 2.25. The van der Waals surface area contributed by atoms with Gasteiger partial charge in [0.25, 0.3) is 0 Å². The molecule has 0 N–H and O–H groups in total. The molecule has 0 atom stereocenters. The van der Waals surface area contributed by atoms with E-state index in [1.54, 1.807) is 0 Å². The predicted molar refractivity (Wildman–Crippen MR) is 232 cm³/mol. The van der Waals surface area contributed by atoms with Crippen molar-refractivity contribution in [2.45, 2.75) is 6.92 Å². The predicted octanol–water partition coefficient (Wildman–Crippen LogP) is 14.0. The van der Waals surface area contributed by atoms with E-state index < -0.39 is 0 Å². The number of rotatable bonds is 9. The summed E-state index contributed by atoms with van der Waals surface area (Å²) < 4.78 is 6.97. The molecule has 0 spiro atoms. The lowest BCUT2D eigenvalue weighted by Gasteiger charge is -2.12. The van der Waals surface area contributed by atoms with Crippen molar-refractivity contribution in [1.29, 1.82) is 0 Å². The minimum Gasteiger partial charge on any atom is -0.455 e. The molecule has 56 heavy (non-hydrogen) atoms. The van der Waals surface area contributed by atoms with Crippen LogP contribution in [-0.4, -0.2) is 15.0 Å². The first-order valence-corrected chi connectivity index (χ1v) is 18.8. The van der Waals surface area contributed by atoms with Crippen molar-refractivity contribution >= 4 is 23.1 Å². The maximum absolute atomic E-state index is 6.97. The Balaban J connectivity index is 1.23. The Morgan fingerprint density at radius 2 is 0.982 bits per heavy atom. The van der Waals surface area contributed by atoms with Gasteiger partial charge in [-0.15, -0.1) is 0 Å². The van der Waals surface area contributed by atoms with Crippen LogP contribution >= 0.6 is 0 Å². The van der Waals surface area contributed by atoms with Gasteiger partial charge in [0.05, 0.1) is 28.2 Å². The molecular formula is C52H37N3O. The minimum atomic E-state index is 0.689. The fourth-order valence-corrected chi connectivity index (χ4v) is 7.34. The molecule has 0 aliphatic carbocycles. The largest absolute Gasteiger partial charge is 0.455 e. The van der Waals surface area contributed by atoms with Gasteiger partial charge < -0.3 is 4.42 Å². The first-order valence-electron chi connectivity index (χ1n) is 18.8. The molecule has 4 nitrogen and oxygen atoms in total. The van der Waals surface area contributed by atoms with Gasteiger partial charge in [-0.1, -0.05) is 176 Å². The van der Waals surface area contributed by atoms with Crippen LogP contribution in [0, 0.1) is 0 Å². The Kier molecular flexibility index (Phi) is 9.28. The lowest BCUT2D eigenvalue weighted by Crippen LogP contribution is -1.96. The van der Waals surface area contributed by atoms with Crippen molar-refractivity contribution in [3.05, 3.63) is 200 Å². The van der Waals surface area contributed by atoms with Crippen molar-refractivity contribution in [3.8, 4) is 78.7 Å². The first-order chi connectivity index (χ1) is 27.7. The minimum absolute atomic E-state index is 0.689. The Labute approximate surface area is 326 Å². The summed E-state index contributed by atoms with van der Waals surface area (Å²) in [7, 11) is 0.